The zero-order valence-electron chi connectivity index (χ0n) is 12.4. The van der Waals surface area contributed by atoms with Gasteiger partial charge in [0.2, 0.25) is 0 Å². The standard InChI is InChI=1S/C17H15N3O3/c18-12-13-3-5-14(6-4-13)16(21)19-7-9-20(10-8-19)17(22)15-2-1-11-23-15/h1-6,11H,7-10H2. The van der Waals surface area contributed by atoms with Gasteiger partial charge in [-0.25, -0.2) is 0 Å². The Labute approximate surface area is 133 Å². The molecule has 0 unspecified atom stereocenters. The van der Waals surface area contributed by atoms with Gasteiger partial charge in [0.1, 0.15) is 0 Å². The van der Waals surface area contributed by atoms with Gasteiger partial charge in [0, 0.05) is 31.7 Å². The minimum Gasteiger partial charge on any atom is -0.459 e. The molecule has 23 heavy (non-hydrogen) atoms. The quantitative estimate of drug-likeness (QED) is 0.846. The third kappa shape index (κ3) is 3.09. The first-order chi connectivity index (χ1) is 11.2. The molecular formula is C17H15N3O3. The average Bonchev–Trinajstić information content (AvgIpc) is 3.15. The van der Waals surface area contributed by atoms with Crippen LogP contribution in [0.25, 0.3) is 0 Å². The molecule has 2 amide bonds. The van der Waals surface area contributed by atoms with Gasteiger partial charge in [-0.1, -0.05) is 0 Å². The van der Waals surface area contributed by atoms with Gasteiger partial charge in [-0.3, -0.25) is 9.59 Å². The first-order valence-electron chi connectivity index (χ1n) is 7.31. The van der Waals surface area contributed by atoms with E-state index >= 15 is 0 Å². The summed E-state index contributed by atoms with van der Waals surface area (Å²) < 4.78 is 5.12. The van der Waals surface area contributed by atoms with E-state index in [0.717, 1.165) is 0 Å². The van der Waals surface area contributed by atoms with Crippen molar-refractivity contribution in [2.75, 3.05) is 26.2 Å². The minimum atomic E-state index is -0.152. The second-order valence-electron chi connectivity index (χ2n) is 5.25. The zero-order valence-corrected chi connectivity index (χ0v) is 12.4. The molecular weight excluding hydrogens is 294 g/mol. The van der Waals surface area contributed by atoms with Gasteiger partial charge in [-0.05, 0) is 36.4 Å². The SMILES string of the molecule is N#Cc1ccc(C(=O)N2CCN(C(=O)c3ccco3)CC2)cc1. The summed E-state index contributed by atoms with van der Waals surface area (Å²) in [5.41, 5.74) is 1.07. The molecule has 2 aromatic rings. The summed E-state index contributed by atoms with van der Waals surface area (Å²) in [6.07, 6.45) is 1.47. The first kappa shape index (κ1) is 14.9. The van der Waals surface area contributed by atoms with Gasteiger partial charge in [-0.2, -0.15) is 5.26 Å². The number of amides is 2. The van der Waals surface area contributed by atoms with E-state index in [-0.39, 0.29) is 11.8 Å². The highest BCUT2D eigenvalue weighted by atomic mass is 16.3. The van der Waals surface area contributed by atoms with Crippen molar-refractivity contribution < 1.29 is 14.0 Å². The zero-order chi connectivity index (χ0) is 16.2. The van der Waals surface area contributed by atoms with Crippen LogP contribution < -0.4 is 0 Å². The molecule has 0 radical (unpaired) electrons. The van der Waals surface area contributed by atoms with Crippen molar-refractivity contribution in [3.05, 3.63) is 59.5 Å². The van der Waals surface area contributed by atoms with Gasteiger partial charge >= 0.3 is 0 Å². The predicted molar refractivity (Wildman–Crippen MR) is 81.7 cm³/mol. The van der Waals surface area contributed by atoms with Crippen molar-refractivity contribution >= 4 is 11.8 Å². The third-order valence-corrected chi connectivity index (χ3v) is 3.85. The van der Waals surface area contributed by atoms with E-state index in [2.05, 4.69) is 0 Å². The summed E-state index contributed by atoms with van der Waals surface area (Å²) in [5, 5.41) is 8.78. The number of piperazine rings is 1. The lowest BCUT2D eigenvalue weighted by atomic mass is 10.1. The summed E-state index contributed by atoms with van der Waals surface area (Å²) in [6, 6.07) is 11.9. The smallest absolute Gasteiger partial charge is 0.289 e. The number of carbonyl (C=O) groups is 2. The summed E-state index contributed by atoms with van der Waals surface area (Å²) in [5.74, 6) is 0.0805. The molecule has 1 aliphatic heterocycles. The molecule has 1 aromatic heterocycles. The maximum absolute atomic E-state index is 12.4. The molecule has 1 fully saturated rings. The lowest BCUT2D eigenvalue weighted by Crippen LogP contribution is -2.50. The monoisotopic (exact) mass is 309 g/mol. The largest absolute Gasteiger partial charge is 0.459 e. The van der Waals surface area contributed by atoms with Gasteiger partial charge < -0.3 is 14.2 Å². The lowest BCUT2D eigenvalue weighted by Gasteiger charge is -2.34. The Morgan fingerprint density at radius 3 is 2.09 bits per heavy atom. The van der Waals surface area contributed by atoms with Crippen LogP contribution >= 0.6 is 0 Å². The highest BCUT2D eigenvalue weighted by Crippen LogP contribution is 2.12. The Morgan fingerprint density at radius 2 is 1.57 bits per heavy atom. The molecule has 0 N–H and O–H groups in total. The summed E-state index contributed by atoms with van der Waals surface area (Å²) >= 11 is 0. The molecule has 1 saturated heterocycles. The first-order valence-corrected chi connectivity index (χ1v) is 7.31. The van der Waals surface area contributed by atoms with Crippen LogP contribution in [-0.2, 0) is 0 Å². The normalized spacial score (nSPS) is 14.4. The fourth-order valence-electron chi connectivity index (χ4n) is 2.54. The second-order valence-corrected chi connectivity index (χ2v) is 5.25. The molecule has 3 rings (SSSR count). The summed E-state index contributed by atoms with van der Waals surface area (Å²) in [7, 11) is 0. The number of furan rings is 1. The van der Waals surface area contributed by atoms with Crippen molar-refractivity contribution in [2.45, 2.75) is 0 Å². The van der Waals surface area contributed by atoms with Crippen LogP contribution in [0.5, 0.6) is 0 Å². The highest BCUT2D eigenvalue weighted by molar-refractivity contribution is 5.95. The number of hydrogen-bond acceptors (Lipinski definition) is 4. The van der Waals surface area contributed by atoms with E-state index in [4.69, 9.17) is 9.68 Å². The Bertz CT molecular complexity index is 736. The molecule has 1 aromatic carbocycles. The molecule has 0 saturated carbocycles. The molecule has 0 aliphatic carbocycles. The minimum absolute atomic E-state index is 0.0837. The van der Waals surface area contributed by atoms with E-state index in [1.807, 2.05) is 6.07 Å². The highest BCUT2D eigenvalue weighted by Gasteiger charge is 2.26. The molecule has 2 heterocycles. The van der Waals surface area contributed by atoms with Crippen LogP contribution in [0.1, 0.15) is 26.5 Å². The summed E-state index contributed by atoms with van der Waals surface area (Å²) in [4.78, 5) is 28.0. The number of nitrogens with zero attached hydrogens (tertiary/aromatic N) is 3. The van der Waals surface area contributed by atoms with Gasteiger partial charge in [-0.15, -0.1) is 0 Å². The van der Waals surface area contributed by atoms with Crippen LogP contribution in [0.2, 0.25) is 0 Å². The number of rotatable bonds is 2. The molecule has 0 bridgehead atoms. The molecule has 0 spiro atoms. The Hall–Kier alpha value is -3.07. The molecule has 6 heteroatoms. The summed E-state index contributed by atoms with van der Waals surface area (Å²) in [6.45, 7) is 1.90. The number of hydrogen-bond donors (Lipinski definition) is 0. The van der Waals surface area contributed by atoms with Gasteiger partial charge in [0.15, 0.2) is 5.76 Å². The predicted octanol–water partition coefficient (Wildman–Crippen LogP) is 1.75. The average molecular weight is 309 g/mol. The van der Waals surface area contributed by atoms with Crippen LogP contribution in [-0.4, -0.2) is 47.8 Å². The fraction of sp³-hybridized carbons (Fsp3) is 0.235. The van der Waals surface area contributed by atoms with Crippen LogP contribution in [0.3, 0.4) is 0 Å². The van der Waals surface area contributed by atoms with Crippen LogP contribution in [0.4, 0.5) is 0 Å². The van der Waals surface area contributed by atoms with E-state index in [1.54, 1.807) is 46.2 Å². The third-order valence-electron chi connectivity index (χ3n) is 3.85. The lowest BCUT2D eigenvalue weighted by molar-refractivity contribution is 0.0518. The molecule has 0 atom stereocenters. The Kier molecular flexibility index (Phi) is 4.11. The van der Waals surface area contributed by atoms with Crippen LogP contribution in [0.15, 0.2) is 47.1 Å². The second kappa shape index (κ2) is 6.36. The van der Waals surface area contributed by atoms with Crippen molar-refractivity contribution in [3.8, 4) is 6.07 Å². The molecule has 6 nitrogen and oxygen atoms in total. The maximum Gasteiger partial charge on any atom is 0.289 e. The van der Waals surface area contributed by atoms with E-state index in [9.17, 15) is 9.59 Å². The Balaban J connectivity index is 1.61. The van der Waals surface area contributed by atoms with Crippen molar-refractivity contribution in [1.29, 1.82) is 5.26 Å². The maximum atomic E-state index is 12.4. The van der Waals surface area contributed by atoms with Gasteiger partial charge in [0.25, 0.3) is 11.8 Å². The molecule has 116 valence electrons. The number of benzene rings is 1. The molecule has 1 aliphatic rings. The van der Waals surface area contributed by atoms with E-state index in [1.165, 1.54) is 6.26 Å². The van der Waals surface area contributed by atoms with E-state index < -0.39 is 0 Å². The van der Waals surface area contributed by atoms with Crippen molar-refractivity contribution in [2.24, 2.45) is 0 Å². The number of nitriles is 1. The van der Waals surface area contributed by atoms with Crippen molar-refractivity contribution in [3.63, 3.8) is 0 Å². The number of carbonyl (C=O) groups excluding carboxylic acids is 2. The van der Waals surface area contributed by atoms with Crippen molar-refractivity contribution in [1.82, 2.24) is 9.80 Å². The van der Waals surface area contributed by atoms with Gasteiger partial charge in [0.05, 0.1) is 17.9 Å². The van der Waals surface area contributed by atoms with E-state index in [0.29, 0.717) is 43.1 Å². The Morgan fingerprint density at radius 1 is 0.957 bits per heavy atom. The van der Waals surface area contributed by atoms with Crippen LogP contribution in [0, 0.1) is 11.3 Å². The fourth-order valence-corrected chi connectivity index (χ4v) is 2.54. The topological polar surface area (TPSA) is 77.5 Å².